The van der Waals surface area contributed by atoms with Crippen LogP contribution in [0.1, 0.15) is 25.7 Å². The molecule has 13 N–H and O–H groups in total. The molecule has 0 bridgehead atoms. The van der Waals surface area contributed by atoms with Crippen LogP contribution in [-0.4, -0.2) is 54.8 Å². The molecule has 0 spiro atoms. The number of carboxylic acids is 1. The highest BCUT2D eigenvalue weighted by Gasteiger charge is 2.09. The minimum Gasteiger partial charge on any atom is -0.480 e. The van der Waals surface area contributed by atoms with Crippen LogP contribution < -0.4 is 34.4 Å². The van der Waals surface area contributed by atoms with Crippen LogP contribution in [0.4, 0.5) is 0 Å². The summed E-state index contributed by atoms with van der Waals surface area (Å²) in [7, 11) is 0. The van der Waals surface area contributed by atoms with Crippen LogP contribution in [0.25, 0.3) is 0 Å². The van der Waals surface area contributed by atoms with Crippen LogP contribution in [0, 0.1) is 0 Å². The fourth-order valence-corrected chi connectivity index (χ4v) is 1.11. The summed E-state index contributed by atoms with van der Waals surface area (Å²) in [6.07, 6.45) is 3.16. The van der Waals surface area contributed by atoms with Crippen molar-refractivity contribution < 1.29 is 19.5 Å². The molecular weight excluding hydrogens is 320 g/mol. The topological polar surface area (TPSA) is 252 Å². The van der Waals surface area contributed by atoms with Gasteiger partial charge in [0.05, 0.1) is 0 Å². The molecule has 1 unspecified atom stereocenters. The number of rotatable bonds is 9. The Labute approximate surface area is 140 Å². The highest BCUT2D eigenvalue weighted by atomic mass is 16.4. The number of nitrogens with zero attached hydrogens (tertiary/aromatic N) is 2. The van der Waals surface area contributed by atoms with Crippen LogP contribution in [-0.2, 0) is 14.4 Å². The minimum absolute atomic E-state index is 0.0129. The lowest BCUT2D eigenvalue weighted by Crippen LogP contribution is -2.30. The van der Waals surface area contributed by atoms with Crippen molar-refractivity contribution in [3.63, 3.8) is 0 Å². The lowest BCUT2D eigenvalue weighted by Gasteiger charge is -2.03. The standard InChI is InChI=1S/C6H14N4O2.C5H14N4.CO2/c7-4(5(11)12)2-1-3-10-6(8)9;6-3-1-2-4-9-5(7)8;2-1-3/h4H,1-3,7H2,(H,11,12)(H4,8,9,10);1-4,6H2,(H4,7,8,9);. The van der Waals surface area contributed by atoms with Gasteiger partial charge >= 0.3 is 12.1 Å². The number of carbonyl (C=O) groups is 1. The molecule has 12 nitrogen and oxygen atoms in total. The Morgan fingerprint density at radius 1 is 0.958 bits per heavy atom. The lowest BCUT2D eigenvalue weighted by molar-refractivity contribution is -0.191. The molecule has 0 aromatic carbocycles. The molecule has 1 atom stereocenters. The van der Waals surface area contributed by atoms with E-state index < -0.39 is 12.0 Å². The van der Waals surface area contributed by atoms with E-state index in [1.807, 2.05) is 0 Å². The summed E-state index contributed by atoms with van der Waals surface area (Å²) in [5, 5.41) is 8.38. The van der Waals surface area contributed by atoms with Gasteiger partial charge < -0.3 is 39.5 Å². The summed E-state index contributed by atoms with van der Waals surface area (Å²) in [6, 6.07) is -0.820. The van der Waals surface area contributed by atoms with Crippen molar-refractivity contribution in [3.05, 3.63) is 0 Å². The third-order valence-electron chi connectivity index (χ3n) is 2.19. The number of hydrogen-bond donors (Lipinski definition) is 7. The molecule has 0 heterocycles. The SMILES string of the molecule is NC(N)=NCCCC(N)C(=O)O.NCCCCN=C(N)N.O=C=O. The first-order valence-electron chi connectivity index (χ1n) is 7.01. The van der Waals surface area contributed by atoms with Crippen LogP contribution >= 0.6 is 0 Å². The van der Waals surface area contributed by atoms with E-state index in [1.165, 1.54) is 0 Å². The summed E-state index contributed by atoms with van der Waals surface area (Å²) >= 11 is 0. The van der Waals surface area contributed by atoms with Gasteiger partial charge in [-0.2, -0.15) is 9.59 Å². The number of carboxylic acid groups (broad SMARTS) is 1. The predicted molar refractivity (Wildman–Crippen MR) is 89.5 cm³/mol. The first kappa shape index (κ1) is 26.2. The van der Waals surface area contributed by atoms with Crippen LogP contribution in [0.15, 0.2) is 9.98 Å². The number of hydrogen-bond acceptors (Lipinski definition) is 7. The first-order valence-corrected chi connectivity index (χ1v) is 7.01. The fraction of sp³-hybridized carbons (Fsp3) is 0.667. The highest BCUT2D eigenvalue weighted by molar-refractivity contribution is 5.76. The third kappa shape index (κ3) is 31.6. The summed E-state index contributed by atoms with van der Waals surface area (Å²) in [5.41, 5.74) is 30.7. The molecule has 0 rings (SSSR count). The predicted octanol–water partition coefficient (Wildman–Crippen LogP) is -3.13. The van der Waals surface area contributed by atoms with E-state index in [2.05, 4.69) is 9.98 Å². The molecule has 24 heavy (non-hydrogen) atoms. The number of carbonyl (C=O) groups excluding carboxylic acids is 2. The fourth-order valence-electron chi connectivity index (χ4n) is 1.11. The maximum Gasteiger partial charge on any atom is 0.373 e. The summed E-state index contributed by atoms with van der Waals surface area (Å²) in [6.45, 7) is 1.82. The van der Waals surface area contributed by atoms with Gasteiger partial charge in [0, 0.05) is 13.1 Å². The van der Waals surface area contributed by atoms with Crippen molar-refractivity contribution in [2.75, 3.05) is 19.6 Å². The number of guanidine groups is 2. The van der Waals surface area contributed by atoms with E-state index in [0.29, 0.717) is 32.5 Å². The quantitative estimate of drug-likeness (QED) is 0.125. The first-order chi connectivity index (χ1) is 11.2. The molecule has 0 aliphatic heterocycles. The number of aliphatic carboxylic acids is 1. The molecular formula is C12H28N8O4. The summed E-state index contributed by atoms with van der Waals surface area (Å²) < 4.78 is 0. The van der Waals surface area contributed by atoms with E-state index in [-0.39, 0.29) is 18.1 Å². The van der Waals surface area contributed by atoms with Gasteiger partial charge in [0.15, 0.2) is 11.9 Å². The van der Waals surface area contributed by atoms with Gasteiger partial charge in [0.1, 0.15) is 6.04 Å². The molecule has 0 fully saturated rings. The number of aliphatic imine (C=N–C) groups is 2. The van der Waals surface area contributed by atoms with Gasteiger partial charge in [-0.05, 0) is 32.2 Å². The average Bonchev–Trinajstić information content (AvgIpc) is 2.49. The molecule has 12 heteroatoms. The minimum atomic E-state index is -1.00. The highest BCUT2D eigenvalue weighted by Crippen LogP contribution is 1.94. The Kier molecular flexibility index (Phi) is 22.2. The van der Waals surface area contributed by atoms with Crippen molar-refractivity contribution in [1.29, 1.82) is 0 Å². The van der Waals surface area contributed by atoms with E-state index in [9.17, 15) is 4.79 Å². The van der Waals surface area contributed by atoms with E-state index >= 15 is 0 Å². The van der Waals surface area contributed by atoms with Gasteiger partial charge in [-0.1, -0.05) is 0 Å². The van der Waals surface area contributed by atoms with Crippen LogP contribution in [0.5, 0.6) is 0 Å². The molecule has 0 saturated carbocycles. The van der Waals surface area contributed by atoms with Crippen LogP contribution in [0.2, 0.25) is 0 Å². The van der Waals surface area contributed by atoms with Gasteiger partial charge in [-0.15, -0.1) is 0 Å². The Morgan fingerprint density at radius 3 is 1.71 bits per heavy atom. The largest absolute Gasteiger partial charge is 0.480 e. The maximum atomic E-state index is 10.2. The van der Waals surface area contributed by atoms with Crippen molar-refractivity contribution in [1.82, 2.24) is 0 Å². The van der Waals surface area contributed by atoms with Crippen LogP contribution in [0.3, 0.4) is 0 Å². The second kappa shape index (κ2) is 20.3. The van der Waals surface area contributed by atoms with E-state index in [1.54, 1.807) is 0 Å². The van der Waals surface area contributed by atoms with Crippen molar-refractivity contribution in [2.45, 2.75) is 31.7 Å². The van der Waals surface area contributed by atoms with Crippen molar-refractivity contribution in [2.24, 2.45) is 44.4 Å². The molecule has 0 aliphatic rings. The van der Waals surface area contributed by atoms with E-state index in [4.69, 9.17) is 49.1 Å². The zero-order chi connectivity index (χ0) is 19.4. The Bertz CT molecular complexity index is 400. The van der Waals surface area contributed by atoms with Gasteiger partial charge in [0.25, 0.3) is 0 Å². The summed E-state index contributed by atoms with van der Waals surface area (Å²) in [4.78, 5) is 33.9. The second-order valence-electron chi connectivity index (χ2n) is 4.28. The number of unbranched alkanes of at least 4 members (excludes halogenated alkanes) is 1. The molecule has 0 aromatic heterocycles. The Balaban J connectivity index is -0.000000324. The molecule has 140 valence electrons. The molecule has 0 radical (unpaired) electrons. The smallest absolute Gasteiger partial charge is 0.373 e. The zero-order valence-corrected chi connectivity index (χ0v) is 13.6. The second-order valence-corrected chi connectivity index (χ2v) is 4.28. The Morgan fingerprint density at radius 2 is 1.38 bits per heavy atom. The van der Waals surface area contributed by atoms with Gasteiger partial charge in [-0.3, -0.25) is 14.8 Å². The third-order valence-corrected chi connectivity index (χ3v) is 2.19. The molecule has 0 saturated heterocycles. The molecule has 0 aliphatic carbocycles. The lowest BCUT2D eigenvalue weighted by atomic mass is 10.2. The van der Waals surface area contributed by atoms with Crippen molar-refractivity contribution in [3.8, 4) is 0 Å². The zero-order valence-electron chi connectivity index (χ0n) is 13.6. The maximum absolute atomic E-state index is 10.2. The van der Waals surface area contributed by atoms with E-state index in [0.717, 1.165) is 12.8 Å². The summed E-state index contributed by atoms with van der Waals surface area (Å²) in [5.74, 6) is -0.828. The van der Waals surface area contributed by atoms with Gasteiger partial charge in [0.2, 0.25) is 0 Å². The average molecular weight is 348 g/mol. The monoisotopic (exact) mass is 348 g/mol. The molecule has 0 amide bonds. The molecule has 0 aromatic rings. The normalized spacial score (nSPS) is 9.75. The number of nitrogens with two attached hydrogens (primary N) is 6. The Hall–Kier alpha value is -2.69. The van der Waals surface area contributed by atoms with Crippen molar-refractivity contribution >= 4 is 24.0 Å². The van der Waals surface area contributed by atoms with Gasteiger partial charge in [-0.25, -0.2) is 0 Å².